The van der Waals surface area contributed by atoms with Crippen molar-refractivity contribution in [3.8, 4) is 5.75 Å². The number of para-hydroxylation sites is 1. The normalized spacial score (nSPS) is 16.8. The molecule has 7 nitrogen and oxygen atoms in total. The average molecular weight is 476 g/mol. The minimum Gasteiger partial charge on any atom is -0.486 e. The predicted molar refractivity (Wildman–Crippen MR) is 134 cm³/mol. The molecule has 0 aliphatic heterocycles. The fraction of sp³-hybridized carbons (Fsp3) is 0.393. The van der Waals surface area contributed by atoms with E-state index in [4.69, 9.17) is 4.74 Å². The first-order valence-electron chi connectivity index (χ1n) is 12.2. The summed E-state index contributed by atoms with van der Waals surface area (Å²) in [6.45, 7) is 5.80. The van der Waals surface area contributed by atoms with E-state index in [0.717, 1.165) is 41.4 Å². The van der Waals surface area contributed by atoms with E-state index in [-0.39, 0.29) is 12.0 Å². The van der Waals surface area contributed by atoms with Crippen LogP contribution in [-0.2, 0) is 4.79 Å². The molecule has 1 aromatic heterocycles. The number of aromatic nitrogens is 1. The quantitative estimate of drug-likeness (QED) is 0.320. The molecule has 0 bridgehead atoms. The molecule has 2 atom stereocenters. The number of rotatable bonds is 7. The van der Waals surface area contributed by atoms with Gasteiger partial charge < -0.3 is 10.1 Å². The van der Waals surface area contributed by atoms with Crippen molar-refractivity contribution in [2.24, 2.45) is 5.41 Å². The molecule has 3 N–H and O–H groups in total. The fourth-order valence-electron chi connectivity index (χ4n) is 5.20. The zero-order chi connectivity index (χ0) is 25.0. The highest BCUT2D eigenvalue weighted by atomic mass is 16.5. The number of carbonyl (C=O) groups excluding carboxylic acids is 2. The highest BCUT2D eigenvalue weighted by Crippen LogP contribution is 2.39. The number of aryl methyl sites for hydroxylation is 1. The molecule has 1 saturated carbocycles. The van der Waals surface area contributed by atoms with E-state index < -0.39 is 17.4 Å². The van der Waals surface area contributed by atoms with E-state index in [1.54, 1.807) is 24.3 Å². The molecule has 1 fully saturated rings. The zero-order valence-corrected chi connectivity index (χ0v) is 20.5. The summed E-state index contributed by atoms with van der Waals surface area (Å²) in [4.78, 5) is 30.0. The van der Waals surface area contributed by atoms with Gasteiger partial charge in [0, 0.05) is 28.2 Å². The van der Waals surface area contributed by atoms with Crippen LogP contribution in [0.2, 0.25) is 0 Å². The SMILES string of the molecule is Cc1cc(C(C)Oc2ccc(C(=O)NC(C)C3(C(=O)NO)CCCCC3)cc2)c2ccccc2n1. The van der Waals surface area contributed by atoms with E-state index in [2.05, 4.69) is 10.3 Å². The number of ether oxygens (including phenoxy) is 1. The molecule has 3 aromatic rings. The lowest BCUT2D eigenvalue weighted by Gasteiger charge is -2.40. The molecule has 4 rings (SSSR count). The van der Waals surface area contributed by atoms with Crippen molar-refractivity contribution in [1.82, 2.24) is 15.8 Å². The Kier molecular flexibility index (Phi) is 7.36. The van der Waals surface area contributed by atoms with Crippen LogP contribution in [0.15, 0.2) is 54.6 Å². The van der Waals surface area contributed by atoms with Gasteiger partial charge in [-0.3, -0.25) is 19.8 Å². The number of benzene rings is 2. The molecule has 0 radical (unpaired) electrons. The monoisotopic (exact) mass is 475 g/mol. The van der Waals surface area contributed by atoms with Crippen LogP contribution in [0.4, 0.5) is 0 Å². The number of pyridine rings is 1. The first-order chi connectivity index (χ1) is 16.8. The summed E-state index contributed by atoms with van der Waals surface area (Å²) in [6.07, 6.45) is 3.90. The summed E-state index contributed by atoms with van der Waals surface area (Å²) < 4.78 is 6.20. The summed E-state index contributed by atoms with van der Waals surface area (Å²) in [5.41, 5.74) is 4.42. The van der Waals surface area contributed by atoms with Crippen molar-refractivity contribution in [2.75, 3.05) is 0 Å². The second kappa shape index (κ2) is 10.4. The van der Waals surface area contributed by atoms with Gasteiger partial charge in [-0.15, -0.1) is 0 Å². The number of nitrogens with one attached hydrogen (secondary N) is 2. The van der Waals surface area contributed by atoms with Crippen molar-refractivity contribution in [1.29, 1.82) is 0 Å². The zero-order valence-electron chi connectivity index (χ0n) is 20.5. The van der Waals surface area contributed by atoms with Crippen LogP contribution in [0.1, 0.15) is 73.7 Å². The molecule has 1 aliphatic carbocycles. The molecule has 1 heterocycles. The number of nitrogens with zero attached hydrogens (tertiary/aromatic N) is 1. The van der Waals surface area contributed by atoms with E-state index >= 15 is 0 Å². The molecule has 7 heteroatoms. The lowest BCUT2D eigenvalue weighted by molar-refractivity contribution is -0.143. The Morgan fingerprint density at radius 2 is 1.71 bits per heavy atom. The van der Waals surface area contributed by atoms with Gasteiger partial charge in [0.2, 0.25) is 0 Å². The molecule has 0 spiro atoms. The second-order valence-electron chi connectivity index (χ2n) is 9.51. The predicted octanol–water partition coefficient (Wildman–Crippen LogP) is 5.26. The van der Waals surface area contributed by atoms with Crippen LogP contribution < -0.4 is 15.5 Å². The Bertz CT molecular complexity index is 1200. The molecular formula is C28H33N3O4. The lowest BCUT2D eigenvalue weighted by atomic mass is 9.69. The maximum Gasteiger partial charge on any atom is 0.251 e. The minimum atomic E-state index is -0.799. The molecule has 35 heavy (non-hydrogen) atoms. The van der Waals surface area contributed by atoms with Crippen molar-refractivity contribution in [3.05, 3.63) is 71.4 Å². The summed E-state index contributed by atoms with van der Waals surface area (Å²) >= 11 is 0. The van der Waals surface area contributed by atoms with Crippen LogP contribution in [0, 0.1) is 12.3 Å². The lowest BCUT2D eigenvalue weighted by Crippen LogP contribution is -2.54. The van der Waals surface area contributed by atoms with Gasteiger partial charge in [-0.05, 0) is 70.0 Å². The van der Waals surface area contributed by atoms with E-state index in [1.807, 2.05) is 56.6 Å². The highest BCUT2D eigenvalue weighted by Gasteiger charge is 2.44. The van der Waals surface area contributed by atoms with E-state index in [0.29, 0.717) is 24.2 Å². The van der Waals surface area contributed by atoms with Crippen molar-refractivity contribution < 1.29 is 19.5 Å². The molecule has 2 unspecified atom stereocenters. The van der Waals surface area contributed by atoms with Gasteiger partial charge in [0.15, 0.2) is 0 Å². The van der Waals surface area contributed by atoms with Gasteiger partial charge in [0.1, 0.15) is 11.9 Å². The Morgan fingerprint density at radius 1 is 1.03 bits per heavy atom. The van der Waals surface area contributed by atoms with Crippen molar-refractivity contribution in [2.45, 2.75) is 65.0 Å². The third-order valence-corrected chi connectivity index (χ3v) is 7.22. The summed E-state index contributed by atoms with van der Waals surface area (Å²) in [7, 11) is 0. The number of amides is 2. The van der Waals surface area contributed by atoms with Gasteiger partial charge in [-0.2, -0.15) is 0 Å². The van der Waals surface area contributed by atoms with Crippen LogP contribution >= 0.6 is 0 Å². The van der Waals surface area contributed by atoms with Gasteiger partial charge >= 0.3 is 0 Å². The second-order valence-corrected chi connectivity index (χ2v) is 9.51. The molecular weight excluding hydrogens is 442 g/mol. The average Bonchev–Trinajstić information content (AvgIpc) is 2.88. The Morgan fingerprint density at radius 3 is 2.40 bits per heavy atom. The van der Waals surface area contributed by atoms with E-state index in [1.165, 1.54) is 0 Å². The largest absolute Gasteiger partial charge is 0.486 e. The maximum atomic E-state index is 12.9. The molecule has 0 saturated heterocycles. The molecule has 1 aliphatic rings. The smallest absolute Gasteiger partial charge is 0.251 e. The molecule has 2 aromatic carbocycles. The van der Waals surface area contributed by atoms with Crippen molar-refractivity contribution >= 4 is 22.7 Å². The Balaban J connectivity index is 1.45. The first kappa shape index (κ1) is 24.7. The molecule has 184 valence electrons. The third-order valence-electron chi connectivity index (χ3n) is 7.22. The van der Waals surface area contributed by atoms with Gasteiger partial charge in [0.25, 0.3) is 11.8 Å². The van der Waals surface area contributed by atoms with Gasteiger partial charge in [-0.1, -0.05) is 37.5 Å². The number of fused-ring (bicyclic) bond motifs is 1. The van der Waals surface area contributed by atoms with Crippen molar-refractivity contribution in [3.63, 3.8) is 0 Å². The van der Waals surface area contributed by atoms with E-state index in [9.17, 15) is 14.8 Å². The van der Waals surface area contributed by atoms with Gasteiger partial charge in [0.05, 0.1) is 10.9 Å². The number of hydroxylamine groups is 1. The standard InChI is InChI=1S/C28H33N3O4/c1-18-17-24(23-9-5-6-10-25(23)29-18)19(2)35-22-13-11-21(12-14-22)26(32)30-20(3)28(27(33)31-34)15-7-4-8-16-28/h5-6,9-14,17,19-20,34H,4,7-8,15-16H2,1-3H3,(H,30,32)(H,31,33). The number of hydrogen-bond acceptors (Lipinski definition) is 5. The van der Waals surface area contributed by atoms with Crippen LogP contribution in [0.3, 0.4) is 0 Å². The third kappa shape index (κ3) is 5.15. The first-order valence-corrected chi connectivity index (χ1v) is 12.2. The molecule has 2 amide bonds. The Labute approximate surface area is 205 Å². The fourth-order valence-corrected chi connectivity index (χ4v) is 5.20. The van der Waals surface area contributed by atoms with Crippen LogP contribution in [-0.4, -0.2) is 28.0 Å². The van der Waals surface area contributed by atoms with Crippen LogP contribution in [0.5, 0.6) is 5.75 Å². The topological polar surface area (TPSA) is 101 Å². The Hall–Kier alpha value is -3.45. The highest BCUT2D eigenvalue weighted by molar-refractivity contribution is 5.95. The summed E-state index contributed by atoms with van der Waals surface area (Å²) in [6, 6.07) is 16.6. The maximum absolute atomic E-state index is 12.9. The minimum absolute atomic E-state index is 0.204. The summed E-state index contributed by atoms with van der Waals surface area (Å²) in [5, 5.41) is 13.3. The number of carbonyl (C=O) groups is 2. The number of hydrogen-bond donors (Lipinski definition) is 3. The van der Waals surface area contributed by atoms with Gasteiger partial charge in [-0.25, -0.2) is 5.48 Å². The van der Waals surface area contributed by atoms with Crippen LogP contribution in [0.25, 0.3) is 10.9 Å². The summed E-state index contributed by atoms with van der Waals surface area (Å²) in [5.74, 6) is -0.0331.